The number of non-ortho nitro benzene ring substituents is 1. The summed E-state index contributed by atoms with van der Waals surface area (Å²) in [7, 11) is 5.19. The molecule has 1 aromatic carbocycles. The topological polar surface area (TPSA) is 84.7 Å². The van der Waals surface area contributed by atoms with E-state index in [-0.39, 0.29) is 11.6 Å². The van der Waals surface area contributed by atoms with E-state index in [1.54, 1.807) is 27.2 Å². The molecule has 0 radical (unpaired) electrons. The number of ether oxygens (including phenoxy) is 1. The van der Waals surface area contributed by atoms with Crippen molar-refractivity contribution < 1.29 is 14.5 Å². The van der Waals surface area contributed by atoms with E-state index in [0.29, 0.717) is 31.7 Å². The third kappa shape index (κ3) is 5.39. The molecule has 0 spiro atoms. The van der Waals surface area contributed by atoms with Gasteiger partial charge in [0.15, 0.2) is 0 Å². The minimum atomic E-state index is -0.432. The zero-order chi connectivity index (χ0) is 15.8. The van der Waals surface area contributed by atoms with Crippen LogP contribution in [0.4, 0.5) is 5.69 Å². The molecular formula is C14H21N3O4. The van der Waals surface area contributed by atoms with Gasteiger partial charge in [0, 0.05) is 44.8 Å². The number of carbonyl (C=O) groups excluding carboxylic acids is 1. The summed E-state index contributed by atoms with van der Waals surface area (Å²) in [5.74, 6) is 0.657. The van der Waals surface area contributed by atoms with Crippen LogP contribution in [0.3, 0.4) is 0 Å². The standard InChI is InChI=1S/C14H21N3O4/c1-15-10-11-9-12(17(19)20)6-7-13(11)21-8-4-5-14(18)16(2)3/h6-7,9,15H,4-5,8,10H2,1-3H3. The Morgan fingerprint density at radius 1 is 1.43 bits per heavy atom. The van der Waals surface area contributed by atoms with Crippen molar-refractivity contribution in [2.45, 2.75) is 19.4 Å². The number of hydrogen-bond donors (Lipinski definition) is 1. The van der Waals surface area contributed by atoms with E-state index >= 15 is 0 Å². The molecule has 0 atom stereocenters. The molecule has 0 fully saturated rings. The van der Waals surface area contributed by atoms with E-state index in [1.165, 1.54) is 17.0 Å². The Morgan fingerprint density at radius 3 is 2.71 bits per heavy atom. The van der Waals surface area contributed by atoms with Gasteiger partial charge in [-0.3, -0.25) is 14.9 Å². The highest BCUT2D eigenvalue weighted by Gasteiger charge is 2.11. The molecule has 0 heterocycles. The molecule has 1 aromatic rings. The average Bonchev–Trinajstić information content (AvgIpc) is 2.44. The van der Waals surface area contributed by atoms with Gasteiger partial charge in [0.1, 0.15) is 5.75 Å². The molecule has 0 aliphatic rings. The highest BCUT2D eigenvalue weighted by Crippen LogP contribution is 2.24. The van der Waals surface area contributed by atoms with Gasteiger partial charge >= 0.3 is 0 Å². The van der Waals surface area contributed by atoms with Crippen molar-refractivity contribution in [1.82, 2.24) is 10.2 Å². The van der Waals surface area contributed by atoms with Crippen LogP contribution in [-0.4, -0.2) is 43.5 Å². The van der Waals surface area contributed by atoms with Crippen molar-refractivity contribution in [2.24, 2.45) is 0 Å². The third-order valence-electron chi connectivity index (χ3n) is 2.91. The van der Waals surface area contributed by atoms with Gasteiger partial charge in [0.05, 0.1) is 11.5 Å². The Labute approximate surface area is 124 Å². The van der Waals surface area contributed by atoms with Gasteiger partial charge in [0.25, 0.3) is 5.69 Å². The van der Waals surface area contributed by atoms with Crippen LogP contribution in [-0.2, 0) is 11.3 Å². The fraction of sp³-hybridized carbons (Fsp3) is 0.500. The molecule has 1 amide bonds. The molecule has 0 unspecified atom stereocenters. The van der Waals surface area contributed by atoms with E-state index in [2.05, 4.69) is 5.32 Å². The third-order valence-corrected chi connectivity index (χ3v) is 2.91. The SMILES string of the molecule is CNCc1cc([N+](=O)[O-])ccc1OCCCC(=O)N(C)C. The van der Waals surface area contributed by atoms with E-state index in [0.717, 1.165) is 5.56 Å². The van der Waals surface area contributed by atoms with Crippen LogP contribution < -0.4 is 10.1 Å². The Morgan fingerprint density at radius 2 is 2.14 bits per heavy atom. The lowest BCUT2D eigenvalue weighted by molar-refractivity contribution is -0.384. The van der Waals surface area contributed by atoms with Crippen LogP contribution in [0.15, 0.2) is 18.2 Å². The monoisotopic (exact) mass is 295 g/mol. The maximum atomic E-state index is 11.4. The summed E-state index contributed by atoms with van der Waals surface area (Å²) >= 11 is 0. The summed E-state index contributed by atoms with van der Waals surface area (Å²) in [4.78, 5) is 23.3. The number of nitro groups is 1. The molecule has 7 nitrogen and oxygen atoms in total. The van der Waals surface area contributed by atoms with Gasteiger partial charge in [0.2, 0.25) is 5.91 Å². The van der Waals surface area contributed by atoms with Crippen LogP contribution >= 0.6 is 0 Å². The quantitative estimate of drug-likeness (QED) is 0.447. The predicted octanol–water partition coefficient (Wildman–Crippen LogP) is 1.56. The first-order valence-corrected chi connectivity index (χ1v) is 6.70. The molecular weight excluding hydrogens is 274 g/mol. The van der Waals surface area contributed by atoms with Crippen molar-refractivity contribution in [3.8, 4) is 5.75 Å². The Hall–Kier alpha value is -2.15. The van der Waals surface area contributed by atoms with Crippen LogP contribution in [0.5, 0.6) is 5.75 Å². The number of nitrogens with one attached hydrogen (secondary N) is 1. The second-order valence-electron chi connectivity index (χ2n) is 4.82. The Bertz CT molecular complexity index is 503. The van der Waals surface area contributed by atoms with Crippen molar-refractivity contribution >= 4 is 11.6 Å². The smallest absolute Gasteiger partial charge is 0.270 e. The van der Waals surface area contributed by atoms with Crippen molar-refractivity contribution in [1.29, 1.82) is 0 Å². The number of amides is 1. The lowest BCUT2D eigenvalue weighted by Crippen LogP contribution is -2.21. The van der Waals surface area contributed by atoms with Gasteiger partial charge in [-0.2, -0.15) is 0 Å². The summed E-state index contributed by atoms with van der Waals surface area (Å²) in [6, 6.07) is 4.51. The van der Waals surface area contributed by atoms with Crippen molar-refractivity contribution in [3.63, 3.8) is 0 Å². The summed E-state index contributed by atoms with van der Waals surface area (Å²) in [5, 5.41) is 13.7. The zero-order valence-corrected chi connectivity index (χ0v) is 12.6. The molecule has 21 heavy (non-hydrogen) atoms. The molecule has 0 aliphatic carbocycles. The minimum Gasteiger partial charge on any atom is -0.493 e. The molecule has 1 N–H and O–H groups in total. The van der Waals surface area contributed by atoms with Gasteiger partial charge < -0.3 is 15.0 Å². The molecule has 1 rings (SSSR count). The molecule has 0 aliphatic heterocycles. The molecule has 0 saturated heterocycles. The van der Waals surface area contributed by atoms with E-state index < -0.39 is 4.92 Å². The molecule has 7 heteroatoms. The first kappa shape index (κ1) is 16.9. The van der Waals surface area contributed by atoms with Crippen LogP contribution in [0, 0.1) is 10.1 Å². The van der Waals surface area contributed by atoms with Crippen molar-refractivity contribution in [2.75, 3.05) is 27.7 Å². The number of carbonyl (C=O) groups is 1. The van der Waals surface area contributed by atoms with E-state index in [4.69, 9.17) is 4.74 Å². The largest absolute Gasteiger partial charge is 0.493 e. The van der Waals surface area contributed by atoms with E-state index in [1.807, 2.05) is 0 Å². The highest BCUT2D eigenvalue weighted by atomic mass is 16.6. The van der Waals surface area contributed by atoms with Gasteiger partial charge in [-0.15, -0.1) is 0 Å². The van der Waals surface area contributed by atoms with Gasteiger partial charge in [-0.1, -0.05) is 0 Å². The number of benzene rings is 1. The summed E-state index contributed by atoms with van der Waals surface area (Å²) < 4.78 is 5.62. The van der Waals surface area contributed by atoms with Crippen LogP contribution in [0.25, 0.3) is 0 Å². The summed E-state index contributed by atoms with van der Waals surface area (Å²) in [6.45, 7) is 0.877. The lowest BCUT2D eigenvalue weighted by atomic mass is 10.1. The molecule has 0 aromatic heterocycles. The molecule has 0 saturated carbocycles. The Kier molecular flexibility index (Phi) is 6.61. The summed E-state index contributed by atoms with van der Waals surface area (Å²) in [6.07, 6.45) is 1.02. The van der Waals surface area contributed by atoms with Crippen molar-refractivity contribution in [3.05, 3.63) is 33.9 Å². The molecule has 116 valence electrons. The average molecular weight is 295 g/mol. The highest BCUT2D eigenvalue weighted by molar-refractivity contribution is 5.75. The zero-order valence-electron chi connectivity index (χ0n) is 12.6. The maximum Gasteiger partial charge on any atom is 0.270 e. The fourth-order valence-electron chi connectivity index (χ4n) is 1.78. The predicted molar refractivity (Wildman–Crippen MR) is 79.3 cm³/mol. The lowest BCUT2D eigenvalue weighted by Gasteiger charge is -2.12. The maximum absolute atomic E-state index is 11.4. The minimum absolute atomic E-state index is 0.0374. The Balaban J connectivity index is 2.61. The number of nitro benzene ring substituents is 1. The number of nitrogens with zero attached hydrogens (tertiary/aromatic N) is 2. The summed E-state index contributed by atoms with van der Waals surface area (Å²) in [5.41, 5.74) is 0.765. The van der Waals surface area contributed by atoms with Crippen LogP contribution in [0.1, 0.15) is 18.4 Å². The fourth-order valence-corrected chi connectivity index (χ4v) is 1.78. The normalized spacial score (nSPS) is 10.2. The second kappa shape index (κ2) is 8.21. The number of rotatable bonds is 8. The first-order valence-electron chi connectivity index (χ1n) is 6.70. The van der Waals surface area contributed by atoms with Gasteiger partial charge in [-0.25, -0.2) is 0 Å². The first-order chi connectivity index (χ1) is 9.95. The second-order valence-corrected chi connectivity index (χ2v) is 4.82. The number of hydrogen-bond acceptors (Lipinski definition) is 5. The molecule has 0 bridgehead atoms. The van der Waals surface area contributed by atoms with Gasteiger partial charge in [-0.05, 0) is 19.5 Å². The van der Waals surface area contributed by atoms with Crippen LogP contribution in [0.2, 0.25) is 0 Å². The van der Waals surface area contributed by atoms with E-state index in [9.17, 15) is 14.9 Å².